The third kappa shape index (κ3) is 4.41. The minimum Gasteiger partial charge on any atom is -0.493 e. The van der Waals surface area contributed by atoms with Crippen molar-refractivity contribution < 1.29 is 33.8 Å². The van der Waals surface area contributed by atoms with Crippen molar-refractivity contribution in [3.8, 4) is 11.5 Å². The minimum absolute atomic E-state index is 0.250. The molecule has 2 aromatic rings. The maximum Gasteiger partial charge on any atom is 0.325 e. The summed E-state index contributed by atoms with van der Waals surface area (Å²) >= 11 is 0. The van der Waals surface area contributed by atoms with Crippen molar-refractivity contribution in [2.45, 2.75) is 32.4 Å². The van der Waals surface area contributed by atoms with Crippen LogP contribution in [-0.2, 0) is 9.59 Å². The molecule has 3 rings (SSSR count). The lowest BCUT2D eigenvalue weighted by Gasteiger charge is -2.27. The number of fused-ring (bicyclic) bond motifs is 1. The number of ether oxygens (including phenoxy) is 2. The number of amides is 3. The van der Waals surface area contributed by atoms with Crippen LogP contribution in [0.15, 0.2) is 42.5 Å². The molecule has 0 bridgehead atoms. The highest BCUT2D eigenvalue weighted by atomic mass is 16.5. The first-order valence-electron chi connectivity index (χ1n) is 10.1. The highest BCUT2D eigenvalue weighted by Crippen LogP contribution is 2.37. The number of imide groups is 1. The van der Waals surface area contributed by atoms with Gasteiger partial charge in [0, 0.05) is 0 Å². The molecule has 9 nitrogen and oxygen atoms in total. The number of carboxylic acids is 1. The van der Waals surface area contributed by atoms with Gasteiger partial charge in [0.1, 0.15) is 6.04 Å². The Labute approximate surface area is 184 Å². The third-order valence-electron chi connectivity index (χ3n) is 5.14. The number of rotatable bonds is 9. The van der Waals surface area contributed by atoms with Crippen molar-refractivity contribution in [2.24, 2.45) is 0 Å². The van der Waals surface area contributed by atoms with Crippen LogP contribution in [0.25, 0.3) is 0 Å². The molecule has 2 atom stereocenters. The van der Waals surface area contributed by atoms with Gasteiger partial charge in [0.25, 0.3) is 11.8 Å². The number of aliphatic carboxylic acids is 1. The molecule has 0 radical (unpaired) electrons. The van der Waals surface area contributed by atoms with Gasteiger partial charge in [0.2, 0.25) is 5.91 Å². The summed E-state index contributed by atoms with van der Waals surface area (Å²) in [5.41, 5.74) is 0.975. The molecule has 2 unspecified atom stereocenters. The zero-order valence-corrected chi connectivity index (χ0v) is 18.0. The molecule has 0 fully saturated rings. The monoisotopic (exact) mass is 440 g/mol. The number of hydrogen-bond donors (Lipinski definition) is 2. The van der Waals surface area contributed by atoms with Gasteiger partial charge in [-0.3, -0.25) is 24.1 Å². The SMILES string of the molecule is CCOc1cc(C(CC(=O)NC(C)C(=O)O)N2C(=O)c3ccccc3C2=O)ccc1OC. The molecule has 2 aromatic carbocycles. The second kappa shape index (κ2) is 9.51. The molecule has 0 saturated heterocycles. The topological polar surface area (TPSA) is 122 Å². The van der Waals surface area contributed by atoms with Crippen LogP contribution in [0.3, 0.4) is 0 Å². The second-order valence-electron chi connectivity index (χ2n) is 7.22. The summed E-state index contributed by atoms with van der Waals surface area (Å²) in [7, 11) is 1.49. The molecule has 0 aromatic heterocycles. The Kier molecular flexibility index (Phi) is 6.77. The van der Waals surface area contributed by atoms with Crippen molar-refractivity contribution >= 4 is 23.7 Å². The maximum atomic E-state index is 13.1. The number of carbonyl (C=O) groups excluding carboxylic acids is 3. The Morgan fingerprint density at radius 3 is 2.22 bits per heavy atom. The molecule has 1 heterocycles. The predicted molar refractivity (Wildman–Crippen MR) is 114 cm³/mol. The Balaban J connectivity index is 2.02. The number of carbonyl (C=O) groups is 4. The number of carboxylic acid groups (broad SMARTS) is 1. The second-order valence-corrected chi connectivity index (χ2v) is 7.22. The van der Waals surface area contributed by atoms with Gasteiger partial charge in [-0.05, 0) is 43.7 Å². The van der Waals surface area contributed by atoms with Gasteiger partial charge in [0.15, 0.2) is 11.5 Å². The van der Waals surface area contributed by atoms with E-state index in [4.69, 9.17) is 14.6 Å². The average Bonchev–Trinajstić information content (AvgIpc) is 3.02. The number of benzene rings is 2. The molecular formula is C23H24N2O7. The van der Waals surface area contributed by atoms with Crippen molar-refractivity contribution in [1.29, 1.82) is 0 Å². The van der Waals surface area contributed by atoms with E-state index < -0.39 is 35.8 Å². The van der Waals surface area contributed by atoms with Crippen LogP contribution in [-0.4, -0.2) is 53.5 Å². The minimum atomic E-state index is -1.20. The molecule has 32 heavy (non-hydrogen) atoms. The van der Waals surface area contributed by atoms with Crippen molar-refractivity contribution in [3.63, 3.8) is 0 Å². The first kappa shape index (κ1) is 22.8. The van der Waals surface area contributed by atoms with Gasteiger partial charge < -0.3 is 19.9 Å². The Morgan fingerprint density at radius 2 is 1.69 bits per heavy atom. The van der Waals surface area contributed by atoms with Gasteiger partial charge in [-0.1, -0.05) is 18.2 Å². The van der Waals surface area contributed by atoms with Crippen LogP contribution in [0.2, 0.25) is 0 Å². The normalized spacial score (nSPS) is 14.5. The Bertz CT molecular complexity index is 1030. The van der Waals surface area contributed by atoms with E-state index >= 15 is 0 Å². The molecule has 2 N–H and O–H groups in total. The van der Waals surface area contributed by atoms with Crippen molar-refractivity contribution in [3.05, 3.63) is 59.2 Å². The maximum absolute atomic E-state index is 13.1. The van der Waals surface area contributed by atoms with E-state index in [-0.39, 0.29) is 17.5 Å². The molecule has 168 valence electrons. The van der Waals surface area contributed by atoms with Crippen LogP contribution >= 0.6 is 0 Å². The fourth-order valence-corrected chi connectivity index (χ4v) is 3.56. The Hall–Kier alpha value is -3.88. The first-order valence-corrected chi connectivity index (χ1v) is 10.1. The van der Waals surface area contributed by atoms with E-state index in [1.807, 2.05) is 0 Å². The smallest absolute Gasteiger partial charge is 0.325 e. The summed E-state index contributed by atoms with van der Waals surface area (Å²) in [5, 5.41) is 11.5. The van der Waals surface area contributed by atoms with Gasteiger partial charge >= 0.3 is 5.97 Å². The summed E-state index contributed by atoms with van der Waals surface area (Å²) in [6.45, 7) is 3.49. The molecular weight excluding hydrogens is 416 g/mol. The predicted octanol–water partition coefficient (Wildman–Crippen LogP) is 2.41. The summed E-state index contributed by atoms with van der Waals surface area (Å²) < 4.78 is 10.9. The summed E-state index contributed by atoms with van der Waals surface area (Å²) in [6.07, 6.45) is -0.318. The zero-order valence-electron chi connectivity index (χ0n) is 18.0. The highest BCUT2D eigenvalue weighted by molar-refractivity contribution is 6.21. The number of methoxy groups -OCH3 is 1. The van der Waals surface area contributed by atoms with Crippen molar-refractivity contribution in [2.75, 3.05) is 13.7 Å². The van der Waals surface area contributed by atoms with Crippen LogP contribution < -0.4 is 14.8 Å². The lowest BCUT2D eigenvalue weighted by molar-refractivity contribution is -0.141. The van der Waals surface area contributed by atoms with Crippen LogP contribution in [0, 0.1) is 0 Å². The van der Waals surface area contributed by atoms with E-state index in [1.165, 1.54) is 14.0 Å². The van der Waals surface area contributed by atoms with E-state index in [9.17, 15) is 19.2 Å². The summed E-state index contributed by atoms with van der Waals surface area (Å²) in [6, 6.07) is 9.21. The highest BCUT2D eigenvalue weighted by Gasteiger charge is 2.41. The molecule has 0 aliphatic carbocycles. The fraction of sp³-hybridized carbons (Fsp3) is 0.304. The average molecular weight is 440 g/mol. The first-order chi connectivity index (χ1) is 15.3. The van der Waals surface area contributed by atoms with E-state index in [1.54, 1.807) is 49.4 Å². The van der Waals surface area contributed by atoms with Crippen LogP contribution in [0.1, 0.15) is 52.6 Å². The largest absolute Gasteiger partial charge is 0.493 e. The van der Waals surface area contributed by atoms with Gasteiger partial charge in [0.05, 0.1) is 37.3 Å². The molecule has 9 heteroatoms. The molecule has 1 aliphatic rings. The van der Waals surface area contributed by atoms with E-state index in [0.29, 0.717) is 23.7 Å². The number of nitrogens with zero attached hydrogens (tertiary/aromatic N) is 1. The van der Waals surface area contributed by atoms with Crippen LogP contribution in [0.5, 0.6) is 11.5 Å². The third-order valence-corrected chi connectivity index (χ3v) is 5.14. The molecule has 0 spiro atoms. The standard InChI is InChI=1S/C23H24N2O7/c1-4-32-19-11-14(9-10-18(19)31-3)17(12-20(26)24-13(2)23(29)30)25-21(27)15-7-5-6-8-16(15)22(25)28/h5-11,13,17H,4,12H2,1-3H3,(H,24,26)(H,29,30). The summed E-state index contributed by atoms with van der Waals surface area (Å²) in [4.78, 5) is 51.0. The number of hydrogen-bond acceptors (Lipinski definition) is 6. The van der Waals surface area contributed by atoms with Gasteiger partial charge in [-0.2, -0.15) is 0 Å². The van der Waals surface area contributed by atoms with Gasteiger partial charge in [-0.15, -0.1) is 0 Å². The molecule has 1 aliphatic heterocycles. The lowest BCUT2D eigenvalue weighted by Crippen LogP contribution is -2.42. The van der Waals surface area contributed by atoms with E-state index in [2.05, 4.69) is 5.32 Å². The Morgan fingerprint density at radius 1 is 1.06 bits per heavy atom. The molecule has 3 amide bonds. The van der Waals surface area contributed by atoms with Crippen LogP contribution in [0.4, 0.5) is 0 Å². The van der Waals surface area contributed by atoms with Gasteiger partial charge in [-0.25, -0.2) is 0 Å². The quantitative estimate of drug-likeness (QED) is 0.574. The summed E-state index contributed by atoms with van der Waals surface area (Å²) in [5.74, 6) is -2.00. The van der Waals surface area contributed by atoms with E-state index in [0.717, 1.165) is 4.90 Å². The molecule has 0 saturated carbocycles. The fourth-order valence-electron chi connectivity index (χ4n) is 3.56. The number of nitrogens with one attached hydrogen (secondary N) is 1. The lowest BCUT2D eigenvalue weighted by atomic mass is 10.0. The zero-order chi connectivity index (χ0) is 23.4. The van der Waals surface area contributed by atoms with Crippen molar-refractivity contribution in [1.82, 2.24) is 10.2 Å².